The third-order valence-corrected chi connectivity index (χ3v) is 3.93. The van der Waals surface area contributed by atoms with Crippen LogP contribution in [-0.2, 0) is 4.79 Å². The van der Waals surface area contributed by atoms with Crippen molar-refractivity contribution in [2.75, 3.05) is 10.6 Å². The molecule has 0 saturated carbocycles. The topological polar surface area (TPSA) is 97.1 Å². The van der Waals surface area contributed by atoms with Crippen molar-refractivity contribution in [3.8, 4) is 0 Å². The minimum Gasteiger partial charge on any atom is -0.440 e. The van der Waals surface area contributed by atoms with Crippen molar-refractivity contribution < 1.29 is 14.0 Å². The predicted molar refractivity (Wildman–Crippen MR) is 92.5 cm³/mol. The van der Waals surface area contributed by atoms with Gasteiger partial charge in [0.1, 0.15) is 11.2 Å². The number of hydrogen-bond acceptors (Lipinski definition) is 6. The highest BCUT2D eigenvalue weighted by Gasteiger charge is 2.14. The summed E-state index contributed by atoms with van der Waals surface area (Å²) in [6.07, 6.45) is 0. The Morgan fingerprint density at radius 3 is 2.71 bits per heavy atom. The molecule has 0 unspecified atom stereocenters. The molecule has 3 aromatic rings. The van der Waals surface area contributed by atoms with Crippen LogP contribution in [0.1, 0.15) is 43.1 Å². The Hall–Kier alpha value is -2.74. The first-order valence-electron chi connectivity index (χ1n) is 7.37. The van der Waals surface area contributed by atoms with Crippen LogP contribution < -0.4 is 10.6 Å². The average molecular weight is 344 g/mol. The fourth-order valence-corrected chi connectivity index (χ4v) is 2.79. The van der Waals surface area contributed by atoms with Crippen LogP contribution in [0.2, 0.25) is 0 Å². The van der Waals surface area contributed by atoms with Crippen LogP contribution in [0.15, 0.2) is 28.0 Å². The van der Waals surface area contributed by atoms with Crippen LogP contribution in [-0.4, -0.2) is 21.8 Å². The summed E-state index contributed by atoms with van der Waals surface area (Å²) in [4.78, 5) is 31.7. The number of nitrogens with zero attached hydrogens (tertiary/aromatic N) is 2. The van der Waals surface area contributed by atoms with Gasteiger partial charge in [-0.05, 0) is 18.2 Å². The monoisotopic (exact) mass is 344 g/mol. The summed E-state index contributed by atoms with van der Waals surface area (Å²) in [6.45, 7) is 5.39. The number of fused-ring (bicyclic) bond motifs is 1. The maximum atomic E-state index is 12.2. The molecule has 2 heterocycles. The average Bonchev–Trinajstić information content (AvgIpc) is 3.12. The largest absolute Gasteiger partial charge is 0.440 e. The van der Waals surface area contributed by atoms with E-state index in [9.17, 15) is 9.59 Å². The second kappa shape index (κ2) is 6.40. The van der Waals surface area contributed by atoms with E-state index in [-0.39, 0.29) is 23.4 Å². The van der Waals surface area contributed by atoms with Crippen LogP contribution in [0.25, 0.3) is 11.1 Å². The number of hydrogen-bond donors (Lipinski definition) is 2. The molecule has 0 aliphatic heterocycles. The maximum absolute atomic E-state index is 12.2. The summed E-state index contributed by atoms with van der Waals surface area (Å²) in [5, 5.41) is 7.29. The first kappa shape index (κ1) is 16.1. The molecule has 8 heteroatoms. The highest BCUT2D eigenvalue weighted by molar-refractivity contribution is 7.14. The summed E-state index contributed by atoms with van der Waals surface area (Å²) in [6, 6.07) is 5.27. The van der Waals surface area contributed by atoms with Crippen molar-refractivity contribution in [3.05, 3.63) is 35.2 Å². The van der Waals surface area contributed by atoms with Crippen LogP contribution in [0, 0.1) is 0 Å². The lowest BCUT2D eigenvalue weighted by molar-refractivity contribution is -0.114. The molecule has 0 fully saturated rings. The second-order valence-electron chi connectivity index (χ2n) is 5.56. The van der Waals surface area contributed by atoms with Gasteiger partial charge in [0.05, 0.1) is 0 Å². The van der Waals surface area contributed by atoms with Crippen molar-refractivity contribution in [1.82, 2.24) is 9.97 Å². The Morgan fingerprint density at radius 1 is 1.21 bits per heavy atom. The van der Waals surface area contributed by atoms with E-state index in [0.717, 1.165) is 0 Å². The van der Waals surface area contributed by atoms with E-state index in [1.165, 1.54) is 18.3 Å². The van der Waals surface area contributed by atoms with Gasteiger partial charge < -0.3 is 15.1 Å². The molecule has 0 radical (unpaired) electrons. The van der Waals surface area contributed by atoms with Gasteiger partial charge in [-0.2, -0.15) is 0 Å². The van der Waals surface area contributed by atoms with E-state index in [2.05, 4.69) is 20.6 Å². The summed E-state index contributed by atoms with van der Waals surface area (Å²) < 4.78 is 5.64. The molecule has 2 aromatic heterocycles. The zero-order chi connectivity index (χ0) is 17.3. The number of aromatic nitrogens is 2. The molecule has 1 aromatic carbocycles. The smallest absolute Gasteiger partial charge is 0.275 e. The Labute approximate surface area is 142 Å². The summed E-state index contributed by atoms with van der Waals surface area (Å²) >= 11 is 1.19. The molecular weight excluding hydrogens is 328 g/mol. The minimum atomic E-state index is -0.352. The maximum Gasteiger partial charge on any atom is 0.275 e. The first-order chi connectivity index (χ1) is 11.4. The fourth-order valence-electron chi connectivity index (χ4n) is 2.05. The van der Waals surface area contributed by atoms with Gasteiger partial charge in [-0.15, -0.1) is 11.3 Å². The van der Waals surface area contributed by atoms with Crippen molar-refractivity contribution in [1.29, 1.82) is 0 Å². The molecule has 0 saturated heterocycles. The normalized spacial score (nSPS) is 11.0. The Balaban J connectivity index is 1.77. The van der Waals surface area contributed by atoms with E-state index in [1.54, 1.807) is 23.6 Å². The van der Waals surface area contributed by atoms with E-state index in [0.29, 0.717) is 27.8 Å². The van der Waals surface area contributed by atoms with Crippen LogP contribution in [0.5, 0.6) is 0 Å². The minimum absolute atomic E-state index is 0.192. The number of nitrogens with one attached hydrogen (secondary N) is 2. The van der Waals surface area contributed by atoms with Gasteiger partial charge >= 0.3 is 0 Å². The molecule has 124 valence electrons. The molecule has 0 aliphatic rings. The summed E-state index contributed by atoms with van der Waals surface area (Å²) in [7, 11) is 0. The van der Waals surface area contributed by atoms with E-state index >= 15 is 0 Å². The standard InChI is InChI=1S/C16H16N4O3S/c1-8(2)15-19-11-6-10(4-5-13(11)23-15)18-14(22)12-7-24-16(20-12)17-9(3)21/h4-8H,1-3H3,(H,18,22)(H,17,20,21). The van der Waals surface area contributed by atoms with Crippen molar-refractivity contribution in [2.24, 2.45) is 0 Å². The number of oxazole rings is 1. The van der Waals surface area contributed by atoms with Crippen LogP contribution >= 0.6 is 11.3 Å². The first-order valence-corrected chi connectivity index (χ1v) is 8.25. The zero-order valence-electron chi connectivity index (χ0n) is 13.4. The Kier molecular flexibility index (Phi) is 4.30. The SMILES string of the molecule is CC(=O)Nc1nc(C(=O)Nc2ccc3oc(C(C)C)nc3c2)cs1. The third-order valence-electron chi connectivity index (χ3n) is 3.18. The molecular formula is C16H16N4O3S. The van der Waals surface area contributed by atoms with Crippen LogP contribution in [0.4, 0.5) is 10.8 Å². The molecule has 3 rings (SSSR count). The Morgan fingerprint density at radius 2 is 2.00 bits per heavy atom. The molecule has 2 N–H and O–H groups in total. The zero-order valence-corrected chi connectivity index (χ0v) is 14.2. The highest BCUT2D eigenvalue weighted by atomic mass is 32.1. The molecule has 0 aliphatic carbocycles. The molecule has 2 amide bonds. The van der Waals surface area contributed by atoms with Crippen molar-refractivity contribution in [2.45, 2.75) is 26.7 Å². The fraction of sp³-hybridized carbons (Fsp3) is 0.250. The number of amides is 2. The number of rotatable bonds is 4. The second-order valence-corrected chi connectivity index (χ2v) is 6.42. The van der Waals surface area contributed by atoms with Crippen LogP contribution in [0.3, 0.4) is 0 Å². The van der Waals surface area contributed by atoms with E-state index in [1.807, 2.05) is 13.8 Å². The molecule has 0 atom stereocenters. The van der Waals surface area contributed by atoms with E-state index < -0.39 is 0 Å². The van der Waals surface area contributed by atoms with Gasteiger partial charge in [-0.25, -0.2) is 9.97 Å². The van der Waals surface area contributed by atoms with E-state index in [4.69, 9.17) is 4.42 Å². The molecule has 0 spiro atoms. The highest BCUT2D eigenvalue weighted by Crippen LogP contribution is 2.24. The van der Waals surface area contributed by atoms with Gasteiger partial charge in [0, 0.05) is 23.9 Å². The predicted octanol–water partition coefficient (Wildman–Crippen LogP) is 3.62. The quantitative estimate of drug-likeness (QED) is 0.753. The lowest BCUT2D eigenvalue weighted by atomic mass is 10.2. The number of carbonyl (C=O) groups is 2. The molecule has 0 bridgehead atoms. The lowest BCUT2D eigenvalue weighted by Crippen LogP contribution is -2.13. The number of thiazole rings is 1. The van der Waals surface area contributed by atoms with Gasteiger partial charge in [0.2, 0.25) is 5.91 Å². The van der Waals surface area contributed by atoms with Crippen molar-refractivity contribution in [3.63, 3.8) is 0 Å². The summed E-state index contributed by atoms with van der Waals surface area (Å²) in [5.74, 6) is 0.272. The van der Waals surface area contributed by atoms with Gasteiger partial charge in [-0.1, -0.05) is 13.8 Å². The van der Waals surface area contributed by atoms with Gasteiger partial charge in [-0.3, -0.25) is 9.59 Å². The van der Waals surface area contributed by atoms with Crippen molar-refractivity contribution >= 4 is 45.1 Å². The van der Waals surface area contributed by atoms with Gasteiger partial charge in [0.25, 0.3) is 5.91 Å². The molecule has 24 heavy (non-hydrogen) atoms. The van der Waals surface area contributed by atoms with Gasteiger partial charge in [0.15, 0.2) is 16.6 Å². The number of anilines is 2. The Bertz CT molecular complexity index is 913. The number of benzene rings is 1. The lowest BCUT2D eigenvalue weighted by Gasteiger charge is -2.02. The third kappa shape index (κ3) is 3.43. The number of carbonyl (C=O) groups excluding carboxylic acids is 2. The summed E-state index contributed by atoms with van der Waals surface area (Å²) in [5.41, 5.74) is 2.21. The molecule has 7 nitrogen and oxygen atoms in total.